The van der Waals surface area contributed by atoms with E-state index in [2.05, 4.69) is 26.0 Å². The fraction of sp³-hybridized carbons (Fsp3) is 0.895. The summed E-state index contributed by atoms with van der Waals surface area (Å²) in [7, 11) is 0. The molecule has 248 valence electrons. The van der Waals surface area contributed by atoms with Crippen molar-refractivity contribution in [2.75, 3.05) is 0 Å². The number of unbranched alkanes of at least 4 members (excludes halogenated alkanes) is 24. The number of carbonyl (C=O) groups is 2. The van der Waals surface area contributed by atoms with Crippen LogP contribution in [0.15, 0.2) is 12.2 Å². The zero-order valence-corrected chi connectivity index (χ0v) is 28.3. The topological polar surface area (TPSA) is 63.6 Å². The Hall–Kier alpha value is -1.32. The van der Waals surface area contributed by atoms with Gasteiger partial charge in [-0.25, -0.2) is 0 Å². The lowest BCUT2D eigenvalue weighted by molar-refractivity contribution is -0.151. The van der Waals surface area contributed by atoms with Gasteiger partial charge in [0.1, 0.15) is 6.10 Å². The first-order chi connectivity index (χ1) is 20.6. The summed E-state index contributed by atoms with van der Waals surface area (Å²) in [4.78, 5) is 23.5. The van der Waals surface area contributed by atoms with E-state index < -0.39 is 5.97 Å². The molecule has 0 aromatic heterocycles. The van der Waals surface area contributed by atoms with E-state index in [1.165, 1.54) is 148 Å². The van der Waals surface area contributed by atoms with Gasteiger partial charge < -0.3 is 9.84 Å². The second-order valence-corrected chi connectivity index (χ2v) is 12.8. The number of carboxylic acids is 1. The SMILES string of the molecule is CCCCCCCC/C=C\CCCCCCCC(=O)OC(CCCCCCCCCCCCCCCC)CCC(=O)O. The largest absolute Gasteiger partial charge is 0.481 e. The molecule has 0 heterocycles. The van der Waals surface area contributed by atoms with E-state index in [1.54, 1.807) is 0 Å². The van der Waals surface area contributed by atoms with Crippen molar-refractivity contribution in [2.24, 2.45) is 0 Å². The predicted octanol–water partition coefficient (Wildman–Crippen LogP) is 12.7. The molecule has 0 aliphatic rings. The second-order valence-electron chi connectivity index (χ2n) is 12.8. The molecule has 0 spiro atoms. The molecule has 0 amide bonds. The summed E-state index contributed by atoms with van der Waals surface area (Å²) in [5, 5.41) is 9.10. The summed E-state index contributed by atoms with van der Waals surface area (Å²) in [5.74, 6) is -0.956. The Balaban J connectivity index is 3.74. The standard InChI is InChI=1S/C38H72O4/c1-3-5-7-9-11-13-15-17-19-21-23-25-27-29-31-33-38(41)42-36(34-35-37(39)40)32-30-28-26-24-22-20-18-16-14-12-10-8-6-4-2/h17,19,36H,3-16,18,20-35H2,1-2H3,(H,39,40)/b19-17-. The third-order valence-corrected chi connectivity index (χ3v) is 8.50. The van der Waals surface area contributed by atoms with Crippen molar-refractivity contribution in [3.63, 3.8) is 0 Å². The first kappa shape index (κ1) is 40.7. The van der Waals surface area contributed by atoms with E-state index in [0.29, 0.717) is 12.8 Å². The minimum absolute atomic E-state index is 0.0734. The number of aliphatic carboxylic acids is 1. The van der Waals surface area contributed by atoms with Crippen LogP contribution in [0.4, 0.5) is 0 Å². The van der Waals surface area contributed by atoms with Crippen LogP contribution in [-0.2, 0) is 14.3 Å². The first-order valence-electron chi connectivity index (χ1n) is 18.7. The molecule has 0 saturated carbocycles. The van der Waals surface area contributed by atoms with Gasteiger partial charge in [-0.05, 0) is 51.4 Å². The minimum Gasteiger partial charge on any atom is -0.481 e. The molecular formula is C38H72O4. The maximum Gasteiger partial charge on any atom is 0.306 e. The van der Waals surface area contributed by atoms with Crippen molar-refractivity contribution >= 4 is 11.9 Å². The van der Waals surface area contributed by atoms with Crippen LogP contribution in [0, 0.1) is 0 Å². The van der Waals surface area contributed by atoms with Crippen molar-refractivity contribution in [3.05, 3.63) is 12.2 Å². The summed E-state index contributed by atoms with van der Waals surface area (Å²) < 4.78 is 5.72. The highest BCUT2D eigenvalue weighted by Crippen LogP contribution is 2.17. The third-order valence-electron chi connectivity index (χ3n) is 8.50. The highest BCUT2D eigenvalue weighted by molar-refractivity contribution is 5.69. The van der Waals surface area contributed by atoms with E-state index in [1.807, 2.05) is 0 Å². The maximum absolute atomic E-state index is 12.4. The van der Waals surface area contributed by atoms with Gasteiger partial charge in [0.2, 0.25) is 0 Å². The molecule has 0 radical (unpaired) electrons. The number of allylic oxidation sites excluding steroid dienone is 2. The van der Waals surface area contributed by atoms with Crippen molar-refractivity contribution in [3.8, 4) is 0 Å². The average Bonchev–Trinajstić information content (AvgIpc) is 2.97. The van der Waals surface area contributed by atoms with E-state index in [4.69, 9.17) is 9.84 Å². The van der Waals surface area contributed by atoms with Gasteiger partial charge in [-0.2, -0.15) is 0 Å². The molecule has 0 aliphatic heterocycles. The lowest BCUT2D eigenvalue weighted by Crippen LogP contribution is -2.19. The van der Waals surface area contributed by atoms with Gasteiger partial charge in [0.15, 0.2) is 0 Å². The Morgan fingerprint density at radius 3 is 1.31 bits per heavy atom. The van der Waals surface area contributed by atoms with E-state index >= 15 is 0 Å². The van der Waals surface area contributed by atoms with Crippen LogP contribution in [0.3, 0.4) is 0 Å². The van der Waals surface area contributed by atoms with Crippen LogP contribution in [0.2, 0.25) is 0 Å². The molecule has 4 heteroatoms. The minimum atomic E-state index is -0.811. The molecule has 0 rings (SSSR count). The van der Waals surface area contributed by atoms with Crippen LogP contribution in [-0.4, -0.2) is 23.1 Å². The van der Waals surface area contributed by atoms with Crippen molar-refractivity contribution < 1.29 is 19.4 Å². The molecule has 0 saturated heterocycles. The van der Waals surface area contributed by atoms with Gasteiger partial charge >= 0.3 is 11.9 Å². The summed E-state index contributed by atoms with van der Waals surface area (Å²) >= 11 is 0. The summed E-state index contributed by atoms with van der Waals surface area (Å²) in [6.07, 6.45) is 40.8. The monoisotopic (exact) mass is 593 g/mol. The lowest BCUT2D eigenvalue weighted by atomic mass is 10.0. The molecule has 42 heavy (non-hydrogen) atoms. The molecular weight excluding hydrogens is 520 g/mol. The predicted molar refractivity (Wildman–Crippen MR) is 181 cm³/mol. The zero-order valence-electron chi connectivity index (χ0n) is 28.3. The molecule has 1 N–H and O–H groups in total. The fourth-order valence-electron chi connectivity index (χ4n) is 5.70. The molecule has 0 bridgehead atoms. The van der Waals surface area contributed by atoms with Gasteiger partial charge in [0.25, 0.3) is 0 Å². The Morgan fingerprint density at radius 1 is 0.500 bits per heavy atom. The number of carbonyl (C=O) groups excluding carboxylic acids is 1. The van der Waals surface area contributed by atoms with Crippen LogP contribution in [0.25, 0.3) is 0 Å². The molecule has 4 nitrogen and oxygen atoms in total. The molecule has 0 aromatic rings. The Labute approximate surface area is 262 Å². The normalized spacial score (nSPS) is 12.2. The summed E-state index contributed by atoms with van der Waals surface area (Å²) in [5.41, 5.74) is 0. The average molecular weight is 593 g/mol. The quantitative estimate of drug-likeness (QED) is 0.0458. The van der Waals surface area contributed by atoms with E-state index in [0.717, 1.165) is 32.1 Å². The zero-order chi connectivity index (χ0) is 30.8. The molecule has 1 unspecified atom stereocenters. The van der Waals surface area contributed by atoms with Crippen LogP contribution < -0.4 is 0 Å². The summed E-state index contributed by atoms with van der Waals surface area (Å²) in [6, 6.07) is 0. The Kier molecular flexibility index (Phi) is 33.1. The van der Waals surface area contributed by atoms with Gasteiger partial charge in [0.05, 0.1) is 0 Å². The van der Waals surface area contributed by atoms with Gasteiger partial charge in [-0.15, -0.1) is 0 Å². The number of rotatable bonds is 34. The maximum atomic E-state index is 12.4. The molecule has 1 atom stereocenters. The Bertz CT molecular complexity index is 600. The smallest absolute Gasteiger partial charge is 0.306 e. The summed E-state index contributed by atoms with van der Waals surface area (Å²) in [6.45, 7) is 4.54. The molecule has 0 aromatic carbocycles. The number of ether oxygens (including phenoxy) is 1. The van der Waals surface area contributed by atoms with E-state index in [9.17, 15) is 9.59 Å². The van der Waals surface area contributed by atoms with Gasteiger partial charge in [-0.1, -0.05) is 161 Å². The van der Waals surface area contributed by atoms with E-state index in [-0.39, 0.29) is 18.5 Å². The number of hydrogen-bond acceptors (Lipinski definition) is 3. The van der Waals surface area contributed by atoms with Crippen LogP contribution in [0.5, 0.6) is 0 Å². The number of carboxylic acid groups (broad SMARTS) is 1. The van der Waals surface area contributed by atoms with Gasteiger partial charge in [-0.3, -0.25) is 9.59 Å². The van der Waals surface area contributed by atoms with Crippen LogP contribution in [0.1, 0.15) is 213 Å². The highest BCUT2D eigenvalue weighted by atomic mass is 16.5. The van der Waals surface area contributed by atoms with Crippen molar-refractivity contribution in [2.45, 2.75) is 219 Å². The third kappa shape index (κ3) is 33.2. The van der Waals surface area contributed by atoms with Crippen molar-refractivity contribution in [1.29, 1.82) is 0 Å². The Morgan fingerprint density at radius 2 is 0.881 bits per heavy atom. The van der Waals surface area contributed by atoms with Crippen LogP contribution >= 0.6 is 0 Å². The van der Waals surface area contributed by atoms with Gasteiger partial charge in [0, 0.05) is 12.8 Å². The fourth-order valence-corrected chi connectivity index (χ4v) is 5.70. The lowest BCUT2D eigenvalue weighted by Gasteiger charge is -2.17. The number of hydrogen-bond donors (Lipinski definition) is 1. The second kappa shape index (κ2) is 34.2. The first-order valence-corrected chi connectivity index (χ1v) is 18.7. The van der Waals surface area contributed by atoms with Crippen molar-refractivity contribution in [1.82, 2.24) is 0 Å². The highest BCUT2D eigenvalue weighted by Gasteiger charge is 2.15. The number of esters is 1. The molecule has 0 fully saturated rings. The molecule has 0 aliphatic carbocycles.